The van der Waals surface area contributed by atoms with Gasteiger partial charge in [0.25, 0.3) is 0 Å². The van der Waals surface area contributed by atoms with E-state index in [0.717, 1.165) is 10.8 Å². The zero-order valence-electron chi connectivity index (χ0n) is 11.0. The molecule has 2 aromatic carbocycles. The smallest absolute Gasteiger partial charge is 0.321 e. The number of benzene rings is 2. The second-order valence-electron chi connectivity index (χ2n) is 4.14. The van der Waals surface area contributed by atoms with Crippen LogP contribution in [0.2, 0.25) is 0 Å². The van der Waals surface area contributed by atoms with Crippen LogP contribution >= 0.6 is 0 Å². The van der Waals surface area contributed by atoms with Gasteiger partial charge in [-0.05, 0) is 29.8 Å². The van der Waals surface area contributed by atoms with E-state index in [4.69, 9.17) is 0 Å². The summed E-state index contributed by atoms with van der Waals surface area (Å²) in [5.74, 6) is -0.600. The molecule has 2 aromatic rings. The lowest BCUT2D eigenvalue weighted by Gasteiger charge is -2.07. The number of carbonyl (C=O) groups is 1. The predicted molar refractivity (Wildman–Crippen MR) is 75.8 cm³/mol. The highest BCUT2D eigenvalue weighted by atomic mass is 32.2. The van der Waals surface area contributed by atoms with Crippen molar-refractivity contribution in [2.45, 2.75) is 11.8 Å². The second-order valence-corrected chi connectivity index (χ2v) is 5.91. The summed E-state index contributed by atoms with van der Waals surface area (Å²) >= 11 is 0. The fourth-order valence-corrected chi connectivity index (χ4v) is 2.79. The predicted octanol–water partition coefficient (Wildman–Crippen LogP) is 1.68. The Labute approximate surface area is 117 Å². The molecular weight excluding hydrogens is 278 g/mol. The zero-order chi connectivity index (χ0) is 14.6. The van der Waals surface area contributed by atoms with Crippen molar-refractivity contribution in [1.82, 2.24) is 4.72 Å². The number of ether oxygens (including phenoxy) is 1. The van der Waals surface area contributed by atoms with E-state index in [9.17, 15) is 13.2 Å². The molecule has 0 atom stereocenters. The van der Waals surface area contributed by atoms with Crippen molar-refractivity contribution in [2.24, 2.45) is 0 Å². The molecule has 5 nitrogen and oxygen atoms in total. The molecule has 0 aromatic heterocycles. The minimum atomic E-state index is -3.72. The minimum absolute atomic E-state index is 0.125. The average Bonchev–Trinajstić information content (AvgIpc) is 2.45. The molecule has 0 bridgehead atoms. The van der Waals surface area contributed by atoms with Gasteiger partial charge < -0.3 is 4.74 Å². The standard InChI is InChI=1S/C14H15NO4S/c1-2-19-14(16)10-15-20(17,18)13-8-7-11-5-3-4-6-12(11)9-13/h3-9,15H,2,10H2,1H3. The third kappa shape index (κ3) is 3.34. The Balaban J connectivity index is 2.21. The number of hydrogen-bond acceptors (Lipinski definition) is 4. The van der Waals surface area contributed by atoms with Crippen LogP contribution in [0.25, 0.3) is 10.8 Å². The zero-order valence-corrected chi connectivity index (χ0v) is 11.8. The summed E-state index contributed by atoms with van der Waals surface area (Å²) in [6, 6.07) is 12.3. The number of hydrogen-bond donors (Lipinski definition) is 1. The first-order chi connectivity index (χ1) is 9.53. The van der Waals surface area contributed by atoms with E-state index in [-0.39, 0.29) is 18.0 Å². The fourth-order valence-electron chi connectivity index (χ4n) is 1.78. The van der Waals surface area contributed by atoms with Crippen LogP contribution in [-0.2, 0) is 19.6 Å². The molecule has 106 valence electrons. The van der Waals surface area contributed by atoms with Crippen molar-refractivity contribution in [3.05, 3.63) is 42.5 Å². The molecule has 0 aliphatic carbocycles. The highest BCUT2D eigenvalue weighted by molar-refractivity contribution is 7.89. The van der Waals surface area contributed by atoms with Crippen LogP contribution in [-0.4, -0.2) is 27.5 Å². The van der Waals surface area contributed by atoms with Crippen molar-refractivity contribution in [3.8, 4) is 0 Å². The summed E-state index contributed by atoms with van der Waals surface area (Å²) in [5, 5.41) is 1.78. The van der Waals surface area contributed by atoms with Gasteiger partial charge in [0.05, 0.1) is 11.5 Å². The summed E-state index contributed by atoms with van der Waals surface area (Å²) in [6.07, 6.45) is 0. The van der Waals surface area contributed by atoms with Gasteiger partial charge >= 0.3 is 5.97 Å². The van der Waals surface area contributed by atoms with Gasteiger partial charge in [0.1, 0.15) is 6.54 Å². The topological polar surface area (TPSA) is 72.5 Å². The molecule has 0 amide bonds. The van der Waals surface area contributed by atoms with Crippen LogP contribution in [0.3, 0.4) is 0 Å². The van der Waals surface area contributed by atoms with Crippen molar-refractivity contribution in [1.29, 1.82) is 0 Å². The molecule has 1 N–H and O–H groups in total. The Kier molecular flexibility index (Phi) is 4.36. The fraction of sp³-hybridized carbons (Fsp3) is 0.214. The molecule has 0 heterocycles. The van der Waals surface area contributed by atoms with Crippen LogP contribution < -0.4 is 4.72 Å². The summed E-state index contributed by atoms with van der Waals surface area (Å²) in [7, 11) is -3.72. The normalized spacial score (nSPS) is 11.4. The van der Waals surface area contributed by atoms with Gasteiger partial charge in [0, 0.05) is 0 Å². The van der Waals surface area contributed by atoms with Gasteiger partial charge in [-0.3, -0.25) is 4.79 Å². The van der Waals surface area contributed by atoms with Crippen LogP contribution in [0.15, 0.2) is 47.4 Å². The molecule has 2 rings (SSSR count). The van der Waals surface area contributed by atoms with Gasteiger partial charge in [0.15, 0.2) is 0 Å². The quantitative estimate of drug-likeness (QED) is 0.851. The Morgan fingerprint density at radius 1 is 1.15 bits per heavy atom. The first kappa shape index (κ1) is 14.5. The highest BCUT2D eigenvalue weighted by Crippen LogP contribution is 2.18. The highest BCUT2D eigenvalue weighted by Gasteiger charge is 2.16. The Bertz CT molecular complexity index is 725. The molecule has 0 saturated carbocycles. The first-order valence-corrected chi connectivity index (χ1v) is 7.65. The number of carbonyl (C=O) groups excluding carboxylic acids is 1. The van der Waals surface area contributed by atoms with Crippen molar-refractivity contribution in [2.75, 3.05) is 13.2 Å². The SMILES string of the molecule is CCOC(=O)CNS(=O)(=O)c1ccc2ccccc2c1. The minimum Gasteiger partial charge on any atom is -0.465 e. The Morgan fingerprint density at radius 3 is 2.55 bits per heavy atom. The van der Waals surface area contributed by atoms with Gasteiger partial charge in [-0.25, -0.2) is 8.42 Å². The van der Waals surface area contributed by atoms with E-state index in [0.29, 0.717) is 0 Å². The third-order valence-electron chi connectivity index (χ3n) is 2.74. The molecule has 0 radical (unpaired) electrons. The Hall–Kier alpha value is -1.92. The van der Waals surface area contributed by atoms with Gasteiger partial charge in [-0.1, -0.05) is 30.3 Å². The largest absolute Gasteiger partial charge is 0.465 e. The van der Waals surface area contributed by atoms with Gasteiger partial charge in [-0.15, -0.1) is 0 Å². The first-order valence-electron chi connectivity index (χ1n) is 6.17. The van der Waals surface area contributed by atoms with Gasteiger partial charge in [-0.2, -0.15) is 4.72 Å². The maximum absolute atomic E-state index is 12.1. The van der Waals surface area contributed by atoms with Crippen LogP contribution in [0.5, 0.6) is 0 Å². The van der Waals surface area contributed by atoms with E-state index in [2.05, 4.69) is 9.46 Å². The number of esters is 1. The molecule has 0 aliphatic heterocycles. The summed E-state index contributed by atoms with van der Waals surface area (Å²) in [6.45, 7) is 1.51. The molecule has 0 saturated heterocycles. The molecular formula is C14H15NO4S. The molecule has 6 heteroatoms. The lowest BCUT2D eigenvalue weighted by Crippen LogP contribution is -2.30. The number of fused-ring (bicyclic) bond motifs is 1. The summed E-state index contributed by atoms with van der Waals surface area (Å²) in [4.78, 5) is 11.3. The van der Waals surface area contributed by atoms with Crippen molar-refractivity contribution < 1.29 is 17.9 Å². The molecule has 20 heavy (non-hydrogen) atoms. The number of rotatable bonds is 5. The maximum Gasteiger partial charge on any atom is 0.321 e. The third-order valence-corrected chi connectivity index (χ3v) is 4.14. The van der Waals surface area contributed by atoms with Crippen molar-refractivity contribution >= 4 is 26.8 Å². The van der Waals surface area contributed by atoms with Crippen molar-refractivity contribution in [3.63, 3.8) is 0 Å². The molecule has 0 unspecified atom stereocenters. The van der Waals surface area contributed by atoms with E-state index in [1.807, 2.05) is 24.3 Å². The Morgan fingerprint density at radius 2 is 1.85 bits per heavy atom. The number of sulfonamides is 1. The lowest BCUT2D eigenvalue weighted by molar-refractivity contribution is -0.141. The maximum atomic E-state index is 12.1. The van der Waals surface area contributed by atoms with E-state index in [1.165, 1.54) is 6.07 Å². The van der Waals surface area contributed by atoms with Crippen LogP contribution in [0.1, 0.15) is 6.92 Å². The average molecular weight is 293 g/mol. The van der Waals surface area contributed by atoms with Gasteiger partial charge in [0.2, 0.25) is 10.0 Å². The van der Waals surface area contributed by atoms with Crippen LogP contribution in [0, 0.1) is 0 Å². The van der Waals surface area contributed by atoms with E-state index >= 15 is 0 Å². The number of nitrogens with one attached hydrogen (secondary N) is 1. The second kappa shape index (κ2) is 6.02. The lowest BCUT2D eigenvalue weighted by atomic mass is 10.1. The van der Waals surface area contributed by atoms with Crippen LogP contribution in [0.4, 0.5) is 0 Å². The van der Waals surface area contributed by atoms with E-state index in [1.54, 1.807) is 19.1 Å². The molecule has 0 spiro atoms. The summed E-state index contributed by atoms with van der Waals surface area (Å²) < 4.78 is 31.0. The summed E-state index contributed by atoms with van der Waals surface area (Å²) in [5.41, 5.74) is 0. The van der Waals surface area contributed by atoms with E-state index < -0.39 is 16.0 Å². The molecule has 0 fully saturated rings. The monoisotopic (exact) mass is 293 g/mol. The molecule has 0 aliphatic rings.